The lowest BCUT2D eigenvalue weighted by molar-refractivity contribution is -0.207. The molecule has 1 unspecified atom stereocenters. The topological polar surface area (TPSA) is 160 Å². The van der Waals surface area contributed by atoms with Crippen molar-refractivity contribution in [2.75, 3.05) is 51.7 Å². The highest BCUT2D eigenvalue weighted by Gasteiger charge is 2.68. The van der Waals surface area contributed by atoms with Crippen LogP contribution in [0.5, 0.6) is 0 Å². The number of carbonyl (C=O) groups excluding carboxylic acids is 3. The summed E-state index contributed by atoms with van der Waals surface area (Å²) in [5.74, 6) is 0.447. The van der Waals surface area contributed by atoms with Crippen molar-refractivity contribution in [1.29, 1.82) is 0 Å². The molecule has 1 saturated heterocycles. The molecule has 2 aromatic rings. The Bertz CT molecular complexity index is 1660. The number of hydrogen-bond acceptors (Lipinski definition) is 11. The first-order chi connectivity index (χ1) is 24.1. The molecule has 2 aromatic heterocycles. The summed E-state index contributed by atoms with van der Waals surface area (Å²) in [7, 11) is 3.61. The van der Waals surface area contributed by atoms with Crippen molar-refractivity contribution in [2.24, 2.45) is 39.7 Å². The van der Waals surface area contributed by atoms with Crippen LogP contribution in [0, 0.1) is 34.0 Å². The average molecular weight is 780 g/mol. The lowest BCUT2D eigenvalue weighted by Crippen LogP contribution is -2.63. The Labute approximate surface area is 326 Å². The van der Waals surface area contributed by atoms with Gasteiger partial charge in [-0.15, -0.1) is 31.4 Å². The van der Waals surface area contributed by atoms with Crippen LogP contribution in [0.1, 0.15) is 72.6 Å². The molecule has 15 heteroatoms. The van der Waals surface area contributed by atoms with Crippen LogP contribution in [-0.4, -0.2) is 117 Å². The lowest BCUT2D eigenvalue weighted by Gasteiger charge is -2.61. The normalized spacial score (nSPS) is 33.8. The Morgan fingerprint density at radius 3 is 2.55 bits per heavy atom. The molecule has 0 radical (unpaired) electrons. The van der Waals surface area contributed by atoms with E-state index in [-0.39, 0.29) is 84.6 Å². The van der Waals surface area contributed by atoms with Crippen molar-refractivity contribution in [1.82, 2.24) is 29.3 Å². The lowest BCUT2D eigenvalue weighted by atomic mass is 9.44. The van der Waals surface area contributed by atoms with Crippen molar-refractivity contribution in [3.63, 3.8) is 0 Å². The van der Waals surface area contributed by atoms with Crippen LogP contribution in [0.4, 0.5) is 5.82 Å². The number of aliphatic hydroxyl groups excluding tert-OH is 1. The minimum absolute atomic E-state index is 0. The van der Waals surface area contributed by atoms with Gasteiger partial charge in [-0.2, -0.15) is 0 Å². The van der Waals surface area contributed by atoms with Crippen molar-refractivity contribution in [2.45, 2.75) is 97.4 Å². The molecular formula is C38H60Cl2N8O5. The average Bonchev–Trinajstić information content (AvgIpc) is 3.83. The summed E-state index contributed by atoms with van der Waals surface area (Å²) < 4.78 is 8.29. The van der Waals surface area contributed by atoms with E-state index in [1.165, 1.54) is 6.33 Å². The molecule has 3 aliphatic carbocycles. The number of imidazole rings is 1. The van der Waals surface area contributed by atoms with Crippen LogP contribution in [0.3, 0.4) is 0 Å². The molecule has 1 aliphatic heterocycles. The Balaban J connectivity index is 0.00000314. The molecule has 4 aliphatic rings. The number of ketones is 1. The zero-order valence-electron chi connectivity index (χ0n) is 32.2. The van der Waals surface area contributed by atoms with Gasteiger partial charge in [0.2, 0.25) is 5.91 Å². The minimum atomic E-state index is -0.703. The summed E-state index contributed by atoms with van der Waals surface area (Å²) in [5.41, 5.74) is 5.95. The maximum Gasteiger partial charge on any atom is 0.320 e. The van der Waals surface area contributed by atoms with Crippen LogP contribution in [-0.2, 0) is 25.7 Å². The summed E-state index contributed by atoms with van der Waals surface area (Å²) in [6.45, 7) is 15.5. The fraction of sp³-hybridized carbons (Fsp3) is 0.737. The van der Waals surface area contributed by atoms with Crippen LogP contribution in [0.2, 0.25) is 0 Å². The molecule has 1 amide bonds. The monoisotopic (exact) mass is 778 g/mol. The van der Waals surface area contributed by atoms with E-state index < -0.39 is 23.0 Å². The number of aliphatic hydroxyl groups is 1. The van der Waals surface area contributed by atoms with Crippen LogP contribution < -0.4 is 10.6 Å². The zero-order valence-corrected chi connectivity index (χ0v) is 33.8. The number of Topliss-reactive ketones (excluding diaryl/α,β-unsaturated/α-hetero) is 1. The third-order valence-electron chi connectivity index (χ3n) is 13.7. The fourth-order valence-electron chi connectivity index (χ4n) is 10.1. The number of nitrogens with zero attached hydrogens (tertiary/aromatic N) is 7. The maximum atomic E-state index is 13.7. The number of amides is 1. The number of halogens is 2. The second kappa shape index (κ2) is 16.5. The highest BCUT2D eigenvalue weighted by Crippen LogP contribution is 2.68. The predicted molar refractivity (Wildman–Crippen MR) is 209 cm³/mol. The Hall–Kier alpha value is -2.84. The quantitative estimate of drug-likeness (QED) is 0.252. The standard InChI is InChI=1S/C38H58N8O5.2ClH/c1-8-36(4)19-28(37(5)24(2)9-13-38(25(3)33(36)50)14-10-27(47)32(37)38)51-30(49)21-43(6)17-18-44(7)29(48)12-16-46-23-42-31-34(40-22-41-35(31)46)45-15-11-26(39)20-45;;/h8,22-26,28,32-33,50H,1,9-21,39H2,2-7H3;2*1H/t24-,25+,26?,28-,32-,33+,36-,37+,38+;;/m1../s1. The van der Waals surface area contributed by atoms with E-state index in [1.54, 1.807) is 18.3 Å². The highest BCUT2D eigenvalue weighted by molar-refractivity contribution is 5.86. The number of anilines is 1. The summed E-state index contributed by atoms with van der Waals surface area (Å²) >= 11 is 0. The van der Waals surface area contributed by atoms with Gasteiger partial charge in [-0.05, 0) is 56.4 Å². The molecule has 4 fully saturated rings. The van der Waals surface area contributed by atoms with E-state index >= 15 is 0 Å². The van der Waals surface area contributed by atoms with Gasteiger partial charge in [0.25, 0.3) is 0 Å². The van der Waals surface area contributed by atoms with Crippen LogP contribution in [0.25, 0.3) is 11.2 Å². The van der Waals surface area contributed by atoms with E-state index in [1.807, 2.05) is 29.5 Å². The molecule has 0 aromatic carbocycles. The first kappa shape index (κ1) is 42.9. The first-order valence-corrected chi connectivity index (χ1v) is 18.8. The van der Waals surface area contributed by atoms with Gasteiger partial charge in [-0.1, -0.05) is 33.8 Å². The molecule has 3 saturated carbocycles. The molecule has 13 nitrogen and oxygen atoms in total. The van der Waals surface area contributed by atoms with E-state index in [4.69, 9.17) is 10.5 Å². The van der Waals surface area contributed by atoms with Crippen molar-refractivity contribution in [3.8, 4) is 0 Å². The van der Waals surface area contributed by atoms with Gasteiger partial charge in [-0.25, -0.2) is 15.0 Å². The zero-order chi connectivity index (χ0) is 36.9. The van der Waals surface area contributed by atoms with E-state index in [2.05, 4.69) is 47.2 Å². The summed E-state index contributed by atoms with van der Waals surface area (Å²) in [5, 5.41) is 11.8. The van der Waals surface area contributed by atoms with Gasteiger partial charge in [0.05, 0.1) is 19.0 Å². The van der Waals surface area contributed by atoms with Crippen LogP contribution >= 0.6 is 24.8 Å². The number of rotatable bonds is 11. The fourth-order valence-corrected chi connectivity index (χ4v) is 10.1. The maximum absolute atomic E-state index is 13.7. The Kier molecular flexibility index (Phi) is 13.3. The van der Waals surface area contributed by atoms with Gasteiger partial charge in [0.15, 0.2) is 17.0 Å². The van der Waals surface area contributed by atoms with Crippen molar-refractivity contribution in [3.05, 3.63) is 25.3 Å². The minimum Gasteiger partial charge on any atom is -0.461 e. The van der Waals surface area contributed by atoms with Gasteiger partial charge >= 0.3 is 5.97 Å². The first-order valence-electron chi connectivity index (χ1n) is 18.8. The molecule has 53 heavy (non-hydrogen) atoms. The Morgan fingerprint density at radius 2 is 1.87 bits per heavy atom. The van der Waals surface area contributed by atoms with E-state index in [0.29, 0.717) is 43.6 Å². The summed E-state index contributed by atoms with van der Waals surface area (Å²) in [6.07, 6.45) is 8.48. The van der Waals surface area contributed by atoms with Gasteiger partial charge in [0.1, 0.15) is 18.2 Å². The Morgan fingerprint density at radius 1 is 1.13 bits per heavy atom. The number of carbonyl (C=O) groups is 3. The number of likely N-dealkylation sites (N-methyl/N-ethyl adjacent to an activating group) is 2. The van der Waals surface area contributed by atoms with Gasteiger partial charge in [-0.3, -0.25) is 19.3 Å². The second-order valence-electron chi connectivity index (χ2n) is 16.7. The summed E-state index contributed by atoms with van der Waals surface area (Å²) in [4.78, 5) is 59.6. The number of ether oxygens (including phenoxy) is 1. The SMILES string of the molecule is C=C[C@]1(C)C[C@@H](OC(=O)CN(C)CCN(C)C(=O)CCn2cnc3c(N4CCC(N)C4)ncnc32)[C@]2(C)[C@H](C)CC[C@]3(CCC(=O)[C@@H]32)[C@@H](C)[C@@H]1O.Cl.Cl. The number of hydrogen-bond donors (Lipinski definition) is 2. The second-order valence-corrected chi connectivity index (χ2v) is 16.7. The largest absolute Gasteiger partial charge is 0.461 e. The number of fused-ring (bicyclic) bond motifs is 1. The third kappa shape index (κ3) is 7.70. The highest BCUT2D eigenvalue weighted by atomic mass is 35.5. The van der Waals surface area contributed by atoms with Crippen LogP contribution in [0.15, 0.2) is 25.3 Å². The number of aryl methyl sites for hydroxylation is 1. The van der Waals surface area contributed by atoms with Gasteiger partial charge in [0, 0.05) is 75.4 Å². The van der Waals surface area contributed by atoms with Crippen molar-refractivity contribution < 1.29 is 24.2 Å². The number of aromatic nitrogens is 4. The van der Waals surface area contributed by atoms with E-state index in [0.717, 1.165) is 44.6 Å². The molecule has 3 heterocycles. The number of esters is 1. The molecule has 296 valence electrons. The molecule has 2 bridgehead atoms. The molecule has 9 atom stereocenters. The third-order valence-corrected chi connectivity index (χ3v) is 13.7. The molecule has 0 spiro atoms. The van der Waals surface area contributed by atoms with E-state index in [9.17, 15) is 19.5 Å². The molecule has 3 N–H and O–H groups in total. The van der Waals surface area contributed by atoms with Crippen molar-refractivity contribution >= 4 is 59.5 Å². The molecule has 6 rings (SSSR count). The predicted octanol–water partition coefficient (Wildman–Crippen LogP) is 3.89. The summed E-state index contributed by atoms with van der Waals surface area (Å²) in [6, 6.07) is 0.118. The molecular weight excluding hydrogens is 719 g/mol. The number of nitrogens with two attached hydrogens (primary N) is 1. The van der Waals surface area contributed by atoms with Gasteiger partial charge < -0.3 is 29.9 Å². The smallest absolute Gasteiger partial charge is 0.320 e.